The van der Waals surface area contributed by atoms with Gasteiger partial charge in [-0.3, -0.25) is 9.69 Å². The second-order valence-electron chi connectivity index (χ2n) is 7.54. The highest BCUT2D eigenvalue weighted by Gasteiger charge is 2.36. The van der Waals surface area contributed by atoms with E-state index in [1.165, 1.54) is 19.1 Å². The second-order valence-corrected chi connectivity index (χ2v) is 7.54. The van der Waals surface area contributed by atoms with Crippen LogP contribution in [-0.2, 0) is 4.74 Å². The molecule has 0 bridgehead atoms. The number of ether oxygens (including phenoxy) is 3. The Labute approximate surface area is 189 Å². The Bertz CT molecular complexity index is 1060. The van der Waals surface area contributed by atoms with Gasteiger partial charge in [-0.2, -0.15) is 0 Å². The van der Waals surface area contributed by atoms with Gasteiger partial charge in [0.05, 0.1) is 26.5 Å². The van der Waals surface area contributed by atoms with Crippen LogP contribution in [0.3, 0.4) is 0 Å². The quantitative estimate of drug-likeness (QED) is 0.639. The largest absolute Gasteiger partial charge is 0.493 e. The minimum Gasteiger partial charge on any atom is -0.493 e. The fourth-order valence-electron chi connectivity index (χ4n) is 4.01. The number of anilines is 1. The number of nitrogens with zero attached hydrogens (tertiary/aromatic N) is 1. The Kier molecular flexibility index (Phi) is 7.35. The van der Waals surface area contributed by atoms with Gasteiger partial charge in [0.2, 0.25) is 0 Å². The molecule has 33 heavy (non-hydrogen) atoms. The van der Waals surface area contributed by atoms with Gasteiger partial charge in [0.25, 0.3) is 5.91 Å². The molecule has 1 aliphatic heterocycles. The van der Waals surface area contributed by atoms with Crippen LogP contribution in [0.5, 0.6) is 11.5 Å². The Hall–Kier alpha value is -3.43. The molecule has 0 saturated carbocycles. The molecule has 178 valence electrons. The maximum atomic E-state index is 14.0. The van der Waals surface area contributed by atoms with Crippen molar-refractivity contribution >= 4 is 17.7 Å². The van der Waals surface area contributed by atoms with E-state index < -0.39 is 35.0 Å². The summed E-state index contributed by atoms with van der Waals surface area (Å²) in [6.45, 7) is 3.69. The number of carbonyl (C=O) groups excluding carboxylic acids is 2. The zero-order valence-corrected chi connectivity index (χ0v) is 18.7. The summed E-state index contributed by atoms with van der Waals surface area (Å²) in [4.78, 5) is 26.6. The topological polar surface area (TPSA) is 77.1 Å². The van der Waals surface area contributed by atoms with Gasteiger partial charge >= 0.3 is 6.09 Å². The number of carbonyl (C=O) groups is 2. The van der Waals surface area contributed by atoms with Crippen LogP contribution in [-0.4, -0.2) is 45.4 Å². The minimum absolute atomic E-state index is 0.0162. The van der Waals surface area contributed by atoms with E-state index in [1.807, 2.05) is 6.92 Å². The first-order valence-corrected chi connectivity index (χ1v) is 10.4. The first-order chi connectivity index (χ1) is 15.7. The van der Waals surface area contributed by atoms with Gasteiger partial charge in [-0.1, -0.05) is 0 Å². The van der Waals surface area contributed by atoms with E-state index in [2.05, 4.69) is 5.32 Å². The predicted molar refractivity (Wildman–Crippen MR) is 115 cm³/mol. The molecule has 2 aromatic rings. The number of rotatable bonds is 6. The van der Waals surface area contributed by atoms with Crippen molar-refractivity contribution in [3.8, 4) is 11.5 Å². The molecule has 7 nitrogen and oxygen atoms in total. The van der Waals surface area contributed by atoms with Crippen molar-refractivity contribution in [2.75, 3.05) is 32.3 Å². The number of halogens is 3. The number of nitrogens with one attached hydrogen (secondary N) is 1. The van der Waals surface area contributed by atoms with E-state index in [9.17, 15) is 22.8 Å². The Morgan fingerprint density at radius 1 is 1.09 bits per heavy atom. The van der Waals surface area contributed by atoms with E-state index in [4.69, 9.17) is 14.2 Å². The fraction of sp³-hybridized carbons (Fsp3) is 0.391. The normalized spacial score (nSPS) is 17.2. The first-order valence-electron chi connectivity index (χ1n) is 10.4. The SMILES string of the molecule is CCOC(=O)N1c2cc(OC)c(OC)cc2C(CNC(=O)c2c(F)ccc(F)c2F)CC1C. The number of fused-ring (bicyclic) bond motifs is 1. The average molecular weight is 466 g/mol. The number of hydrogen-bond donors (Lipinski definition) is 1. The molecule has 0 saturated heterocycles. The maximum absolute atomic E-state index is 14.0. The molecular formula is C23H25F3N2O5. The number of benzene rings is 2. The van der Waals surface area contributed by atoms with Gasteiger partial charge in [0.15, 0.2) is 23.1 Å². The van der Waals surface area contributed by atoms with Crippen molar-refractivity contribution in [2.24, 2.45) is 0 Å². The van der Waals surface area contributed by atoms with Gasteiger partial charge in [0.1, 0.15) is 11.4 Å². The van der Waals surface area contributed by atoms with Crippen LogP contribution in [0, 0.1) is 17.5 Å². The number of amides is 2. The smallest absolute Gasteiger partial charge is 0.414 e. The van der Waals surface area contributed by atoms with E-state index >= 15 is 0 Å². The molecular weight excluding hydrogens is 441 g/mol. The average Bonchev–Trinajstić information content (AvgIpc) is 2.79. The number of hydrogen-bond acceptors (Lipinski definition) is 5. The Balaban J connectivity index is 1.95. The molecule has 1 N–H and O–H groups in total. The zero-order valence-electron chi connectivity index (χ0n) is 18.7. The fourth-order valence-corrected chi connectivity index (χ4v) is 4.01. The Morgan fingerprint density at radius 2 is 1.73 bits per heavy atom. The van der Waals surface area contributed by atoms with E-state index in [0.717, 1.165) is 0 Å². The van der Waals surface area contributed by atoms with Crippen LogP contribution in [0.4, 0.5) is 23.7 Å². The molecule has 3 rings (SSSR count). The van der Waals surface area contributed by atoms with Gasteiger partial charge in [0, 0.05) is 24.6 Å². The Morgan fingerprint density at radius 3 is 2.36 bits per heavy atom. The summed E-state index contributed by atoms with van der Waals surface area (Å²) in [5.74, 6) is -4.65. The van der Waals surface area contributed by atoms with Crippen LogP contribution >= 0.6 is 0 Å². The van der Waals surface area contributed by atoms with E-state index in [0.29, 0.717) is 41.3 Å². The highest BCUT2D eigenvalue weighted by atomic mass is 19.2. The van der Waals surface area contributed by atoms with Crippen molar-refractivity contribution in [2.45, 2.75) is 32.2 Å². The molecule has 2 unspecified atom stereocenters. The van der Waals surface area contributed by atoms with Crippen LogP contribution < -0.4 is 19.7 Å². The molecule has 0 spiro atoms. The molecule has 0 radical (unpaired) electrons. The summed E-state index contributed by atoms with van der Waals surface area (Å²) in [5, 5.41) is 2.48. The molecule has 2 aromatic carbocycles. The van der Waals surface area contributed by atoms with Gasteiger partial charge < -0.3 is 19.5 Å². The predicted octanol–water partition coefficient (Wildman–Crippen LogP) is 4.39. The van der Waals surface area contributed by atoms with E-state index in [1.54, 1.807) is 19.1 Å². The number of methoxy groups -OCH3 is 2. The second kappa shape index (κ2) is 10.0. The zero-order chi connectivity index (χ0) is 24.3. The lowest BCUT2D eigenvalue weighted by Crippen LogP contribution is -2.45. The lowest BCUT2D eigenvalue weighted by molar-refractivity contribution is 0.0939. The molecule has 2 atom stereocenters. The summed E-state index contributed by atoms with van der Waals surface area (Å²) in [6.07, 6.45) is -0.125. The molecule has 0 aliphatic carbocycles. The molecule has 10 heteroatoms. The third-order valence-electron chi connectivity index (χ3n) is 5.54. The van der Waals surface area contributed by atoms with Crippen molar-refractivity contribution < 1.29 is 37.0 Å². The van der Waals surface area contributed by atoms with Crippen LogP contribution in [0.1, 0.15) is 42.1 Å². The maximum Gasteiger partial charge on any atom is 0.414 e. The molecule has 1 aliphatic rings. The van der Waals surface area contributed by atoms with Gasteiger partial charge in [-0.25, -0.2) is 18.0 Å². The van der Waals surface area contributed by atoms with Crippen molar-refractivity contribution in [1.29, 1.82) is 0 Å². The summed E-state index contributed by atoms with van der Waals surface area (Å²) in [6, 6.07) is 4.32. The van der Waals surface area contributed by atoms with Gasteiger partial charge in [-0.05, 0) is 44.0 Å². The standard InChI is InChI=1S/C23H25F3N2O5/c1-5-33-23(30)28-12(2)8-13(14-9-18(31-3)19(32-4)10-17(14)28)11-27-22(29)20-15(24)6-7-16(25)21(20)26/h6-7,9-10,12-13H,5,8,11H2,1-4H3,(H,27,29). The van der Waals surface area contributed by atoms with Crippen molar-refractivity contribution in [1.82, 2.24) is 5.32 Å². The summed E-state index contributed by atoms with van der Waals surface area (Å²) in [5.41, 5.74) is 0.172. The van der Waals surface area contributed by atoms with E-state index in [-0.39, 0.29) is 25.1 Å². The van der Waals surface area contributed by atoms with Gasteiger partial charge in [-0.15, -0.1) is 0 Å². The monoisotopic (exact) mass is 466 g/mol. The lowest BCUT2D eigenvalue weighted by atomic mass is 9.85. The summed E-state index contributed by atoms with van der Waals surface area (Å²) >= 11 is 0. The minimum atomic E-state index is -1.55. The third-order valence-corrected chi connectivity index (χ3v) is 5.54. The molecule has 1 heterocycles. The third kappa shape index (κ3) is 4.69. The summed E-state index contributed by atoms with van der Waals surface area (Å²) < 4.78 is 57.4. The summed E-state index contributed by atoms with van der Waals surface area (Å²) in [7, 11) is 2.93. The first kappa shape index (κ1) is 24.2. The highest BCUT2D eigenvalue weighted by molar-refractivity contribution is 5.95. The highest BCUT2D eigenvalue weighted by Crippen LogP contribution is 2.44. The molecule has 0 fully saturated rings. The molecule has 2 amide bonds. The molecule has 0 aromatic heterocycles. The van der Waals surface area contributed by atoms with Crippen LogP contribution in [0.15, 0.2) is 24.3 Å². The van der Waals surface area contributed by atoms with Crippen LogP contribution in [0.2, 0.25) is 0 Å². The van der Waals surface area contributed by atoms with Crippen LogP contribution in [0.25, 0.3) is 0 Å². The van der Waals surface area contributed by atoms with Crippen molar-refractivity contribution in [3.63, 3.8) is 0 Å². The van der Waals surface area contributed by atoms with Crippen molar-refractivity contribution in [3.05, 3.63) is 52.8 Å². The lowest BCUT2D eigenvalue weighted by Gasteiger charge is -2.39.